The minimum Gasteiger partial charge on any atom is -0.361 e. The van der Waals surface area contributed by atoms with Crippen LogP contribution in [0.2, 0.25) is 0 Å². The van der Waals surface area contributed by atoms with E-state index in [0.29, 0.717) is 19.0 Å². The lowest BCUT2D eigenvalue weighted by Gasteiger charge is -2.30. The minimum atomic E-state index is -3.08. The second-order valence-corrected chi connectivity index (χ2v) is 10.6. The standard InChI is InChI=1S/C21H27N3O2S2/c1-3-28(25,26)24-8-6-16(7-9-24)19-13-23-20-5-4-17(11-18(19)20)21-10-15(12-22-2)14-27-21/h4-5,10-11,13-14,16,22-23H,3,6-9,12H2,1-2H3. The van der Waals surface area contributed by atoms with Crippen LogP contribution in [0.5, 0.6) is 0 Å². The quantitative estimate of drug-likeness (QED) is 0.633. The molecule has 1 fully saturated rings. The van der Waals surface area contributed by atoms with E-state index in [0.717, 1.165) is 24.9 Å². The Morgan fingerprint density at radius 3 is 2.75 bits per heavy atom. The van der Waals surface area contributed by atoms with E-state index in [1.165, 1.54) is 27.0 Å². The fourth-order valence-electron chi connectivity index (χ4n) is 4.08. The smallest absolute Gasteiger partial charge is 0.213 e. The molecule has 2 aromatic heterocycles. The number of piperidine rings is 1. The molecule has 1 saturated heterocycles. The first-order valence-corrected chi connectivity index (χ1v) is 12.3. The first-order valence-electron chi connectivity index (χ1n) is 9.83. The number of sulfonamides is 1. The van der Waals surface area contributed by atoms with Crippen molar-refractivity contribution >= 4 is 32.3 Å². The van der Waals surface area contributed by atoms with Crippen molar-refractivity contribution in [2.75, 3.05) is 25.9 Å². The SMILES string of the molecule is CCS(=O)(=O)N1CCC(c2c[nH]c3ccc(-c4cc(CNC)cs4)cc23)CC1. The highest BCUT2D eigenvalue weighted by Gasteiger charge is 2.28. The molecule has 0 unspecified atom stereocenters. The summed E-state index contributed by atoms with van der Waals surface area (Å²) in [4.78, 5) is 4.68. The molecule has 0 spiro atoms. The molecule has 1 aromatic carbocycles. The molecule has 0 amide bonds. The first-order chi connectivity index (χ1) is 13.5. The maximum atomic E-state index is 12.1. The Labute approximate surface area is 170 Å². The molecule has 28 heavy (non-hydrogen) atoms. The van der Waals surface area contributed by atoms with E-state index in [1.54, 1.807) is 22.6 Å². The summed E-state index contributed by atoms with van der Waals surface area (Å²) in [6, 6.07) is 8.87. The number of aromatic amines is 1. The van der Waals surface area contributed by atoms with Crippen molar-refractivity contribution in [3.63, 3.8) is 0 Å². The van der Waals surface area contributed by atoms with Gasteiger partial charge in [0.1, 0.15) is 0 Å². The highest BCUT2D eigenvalue weighted by atomic mass is 32.2. The summed E-state index contributed by atoms with van der Waals surface area (Å²) in [5.74, 6) is 0.584. The van der Waals surface area contributed by atoms with Crippen molar-refractivity contribution in [3.8, 4) is 10.4 Å². The number of fused-ring (bicyclic) bond motifs is 1. The second kappa shape index (κ2) is 7.99. The number of nitrogens with one attached hydrogen (secondary N) is 2. The lowest BCUT2D eigenvalue weighted by atomic mass is 9.89. The Morgan fingerprint density at radius 1 is 1.25 bits per heavy atom. The fourth-order valence-corrected chi connectivity index (χ4v) is 6.13. The zero-order valence-corrected chi connectivity index (χ0v) is 18.0. The van der Waals surface area contributed by atoms with Crippen molar-refractivity contribution in [2.24, 2.45) is 0 Å². The third-order valence-corrected chi connectivity index (χ3v) is 8.59. The normalized spacial score (nSPS) is 16.8. The highest BCUT2D eigenvalue weighted by molar-refractivity contribution is 7.89. The Hall–Kier alpha value is -1.67. The van der Waals surface area contributed by atoms with Gasteiger partial charge in [0, 0.05) is 41.6 Å². The van der Waals surface area contributed by atoms with Gasteiger partial charge in [-0.1, -0.05) is 6.07 Å². The predicted molar refractivity (Wildman–Crippen MR) is 117 cm³/mol. The van der Waals surface area contributed by atoms with Crippen molar-refractivity contribution in [2.45, 2.75) is 32.2 Å². The molecular weight excluding hydrogens is 390 g/mol. The maximum absolute atomic E-state index is 12.1. The molecule has 2 N–H and O–H groups in total. The van der Waals surface area contributed by atoms with E-state index >= 15 is 0 Å². The molecule has 0 aliphatic carbocycles. The van der Waals surface area contributed by atoms with Crippen LogP contribution in [-0.4, -0.2) is 43.6 Å². The van der Waals surface area contributed by atoms with Crippen molar-refractivity contribution in [1.29, 1.82) is 0 Å². The second-order valence-electron chi connectivity index (χ2n) is 7.43. The zero-order chi connectivity index (χ0) is 19.7. The van der Waals surface area contributed by atoms with Crippen LogP contribution in [0.3, 0.4) is 0 Å². The summed E-state index contributed by atoms with van der Waals surface area (Å²) in [5, 5.41) is 6.67. The number of H-pyrrole nitrogens is 1. The third kappa shape index (κ3) is 3.76. The number of aromatic nitrogens is 1. The lowest BCUT2D eigenvalue weighted by Crippen LogP contribution is -2.38. The molecular formula is C21H27N3O2S2. The molecule has 7 heteroatoms. The Bertz CT molecular complexity index is 1060. The van der Waals surface area contributed by atoms with Crippen LogP contribution in [0.15, 0.2) is 35.8 Å². The molecule has 0 atom stereocenters. The summed E-state index contributed by atoms with van der Waals surface area (Å²) in [5.41, 5.74) is 5.01. The summed E-state index contributed by atoms with van der Waals surface area (Å²) in [6.07, 6.45) is 3.87. The largest absolute Gasteiger partial charge is 0.361 e. The Balaban J connectivity index is 1.58. The van der Waals surface area contributed by atoms with Gasteiger partial charge >= 0.3 is 0 Å². The molecule has 4 rings (SSSR count). The average Bonchev–Trinajstić information content (AvgIpc) is 3.35. The van der Waals surface area contributed by atoms with Crippen molar-refractivity contribution in [1.82, 2.24) is 14.6 Å². The van der Waals surface area contributed by atoms with Gasteiger partial charge in [-0.25, -0.2) is 12.7 Å². The predicted octanol–water partition coefficient (Wildman–Crippen LogP) is 4.14. The summed E-state index contributed by atoms with van der Waals surface area (Å²) in [6.45, 7) is 3.83. The maximum Gasteiger partial charge on any atom is 0.213 e. The Kier molecular flexibility index (Phi) is 5.60. The number of benzene rings is 1. The molecule has 5 nitrogen and oxygen atoms in total. The van der Waals surface area contributed by atoms with Crippen molar-refractivity contribution < 1.29 is 8.42 Å². The topological polar surface area (TPSA) is 65.2 Å². The van der Waals surface area contributed by atoms with E-state index in [4.69, 9.17) is 0 Å². The van der Waals surface area contributed by atoms with Crippen LogP contribution in [0.1, 0.15) is 36.8 Å². The van der Waals surface area contributed by atoms with Gasteiger partial charge in [-0.15, -0.1) is 11.3 Å². The van der Waals surface area contributed by atoms with Gasteiger partial charge in [-0.2, -0.15) is 0 Å². The third-order valence-electron chi connectivity index (χ3n) is 5.68. The van der Waals surface area contributed by atoms with E-state index < -0.39 is 10.0 Å². The van der Waals surface area contributed by atoms with Crippen LogP contribution in [0.25, 0.3) is 21.3 Å². The summed E-state index contributed by atoms with van der Waals surface area (Å²) >= 11 is 1.78. The van der Waals surface area contributed by atoms with E-state index in [-0.39, 0.29) is 5.75 Å². The molecule has 1 aliphatic heterocycles. The van der Waals surface area contributed by atoms with E-state index in [2.05, 4.69) is 46.1 Å². The van der Waals surface area contributed by atoms with Gasteiger partial charge in [-0.3, -0.25) is 0 Å². The van der Waals surface area contributed by atoms with Gasteiger partial charge in [0.05, 0.1) is 5.75 Å². The van der Waals surface area contributed by atoms with Gasteiger partial charge in [0.2, 0.25) is 10.0 Å². The van der Waals surface area contributed by atoms with Crippen LogP contribution >= 0.6 is 11.3 Å². The summed E-state index contributed by atoms with van der Waals surface area (Å²) in [7, 11) is -1.11. The van der Waals surface area contributed by atoms with Gasteiger partial charge in [0.25, 0.3) is 0 Å². The zero-order valence-electron chi connectivity index (χ0n) is 16.4. The number of rotatable bonds is 6. The number of hydrogen-bond acceptors (Lipinski definition) is 4. The van der Waals surface area contributed by atoms with Gasteiger partial charge in [0.15, 0.2) is 0 Å². The molecule has 0 saturated carbocycles. The number of thiophene rings is 1. The monoisotopic (exact) mass is 417 g/mol. The molecule has 150 valence electrons. The van der Waals surface area contributed by atoms with E-state index in [9.17, 15) is 8.42 Å². The minimum absolute atomic E-state index is 0.185. The number of nitrogens with zero attached hydrogens (tertiary/aromatic N) is 1. The molecule has 3 heterocycles. The highest BCUT2D eigenvalue weighted by Crippen LogP contribution is 2.36. The van der Waals surface area contributed by atoms with E-state index in [1.807, 2.05) is 7.05 Å². The number of hydrogen-bond donors (Lipinski definition) is 2. The van der Waals surface area contributed by atoms with Gasteiger partial charge in [-0.05, 0) is 73.0 Å². The van der Waals surface area contributed by atoms with Crippen LogP contribution in [0, 0.1) is 0 Å². The molecule has 0 radical (unpaired) electrons. The van der Waals surface area contributed by atoms with Crippen LogP contribution in [0.4, 0.5) is 0 Å². The molecule has 3 aromatic rings. The van der Waals surface area contributed by atoms with Gasteiger partial charge < -0.3 is 10.3 Å². The fraction of sp³-hybridized carbons (Fsp3) is 0.429. The summed E-state index contributed by atoms with van der Waals surface area (Å²) < 4.78 is 25.9. The molecule has 0 bridgehead atoms. The average molecular weight is 418 g/mol. The van der Waals surface area contributed by atoms with Crippen LogP contribution < -0.4 is 5.32 Å². The Morgan fingerprint density at radius 2 is 2.04 bits per heavy atom. The molecule has 1 aliphatic rings. The lowest BCUT2D eigenvalue weighted by molar-refractivity contribution is 0.321. The van der Waals surface area contributed by atoms with Crippen LogP contribution in [-0.2, 0) is 16.6 Å². The van der Waals surface area contributed by atoms with Crippen molar-refractivity contribution in [3.05, 3.63) is 47.0 Å². The first kappa shape index (κ1) is 19.6.